The Morgan fingerprint density at radius 2 is 2.14 bits per heavy atom. The van der Waals surface area contributed by atoms with E-state index in [1.165, 1.54) is 45.4 Å². The number of nitrogens with two attached hydrogens (primary N) is 1. The van der Waals surface area contributed by atoms with Crippen LogP contribution in [0.5, 0.6) is 0 Å². The van der Waals surface area contributed by atoms with Crippen LogP contribution in [-0.4, -0.2) is 55.6 Å². The molecule has 0 aromatic rings. The molecule has 2 aliphatic rings. The number of hydrogen-bond donors (Lipinski definition) is 1. The highest BCUT2D eigenvalue weighted by molar-refractivity contribution is 4.84. The molecule has 0 saturated carbocycles. The van der Waals surface area contributed by atoms with Crippen molar-refractivity contribution in [1.82, 2.24) is 9.80 Å². The predicted molar refractivity (Wildman–Crippen MR) is 59.3 cm³/mol. The molecular formula is C11H23N3. The normalized spacial score (nSPS) is 30.0. The smallest absolute Gasteiger partial charge is 0.0230 e. The van der Waals surface area contributed by atoms with E-state index in [1.54, 1.807) is 0 Å². The highest BCUT2D eigenvalue weighted by Gasteiger charge is 2.27. The van der Waals surface area contributed by atoms with Gasteiger partial charge in [0.25, 0.3) is 0 Å². The van der Waals surface area contributed by atoms with Crippen LogP contribution in [0.4, 0.5) is 0 Å². The Morgan fingerprint density at radius 3 is 2.64 bits per heavy atom. The predicted octanol–water partition coefficient (Wildman–Crippen LogP) is 0.361. The Labute approximate surface area is 87.2 Å². The Hall–Kier alpha value is -0.120. The van der Waals surface area contributed by atoms with E-state index < -0.39 is 0 Å². The van der Waals surface area contributed by atoms with Crippen LogP contribution in [-0.2, 0) is 0 Å². The molecule has 0 aliphatic carbocycles. The van der Waals surface area contributed by atoms with E-state index >= 15 is 0 Å². The molecule has 2 saturated heterocycles. The van der Waals surface area contributed by atoms with Gasteiger partial charge in [0.2, 0.25) is 0 Å². The Balaban J connectivity index is 1.51. The average Bonchev–Trinajstić information content (AvgIpc) is 2.07. The van der Waals surface area contributed by atoms with E-state index in [0.717, 1.165) is 12.5 Å². The van der Waals surface area contributed by atoms with Crippen LogP contribution < -0.4 is 5.73 Å². The summed E-state index contributed by atoms with van der Waals surface area (Å²) in [5, 5.41) is 0. The van der Waals surface area contributed by atoms with E-state index in [-0.39, 0.29) is 0 Å². The van der Waals surface area contributed by atoms with Crippen molar-refractivity contribution >= 4 is 0 Å². The van der Waals surface area contributed by atoms with Crippen molar-refractivity contribution in [3.63, 3.8) is 0 Å². The summed E-state index contributed by atoms with van der Waals surface area (Å²) in [4.78, 5) is 4.94. The summed E-state index contributed by atoms with van der Waals surface area (Å²) >= 11 is 0. The van der Waals surface area contributed by atoms with Gasteiger partial charge in [0, 0.05) is 32.2 Å². The first kappa shape index (κ1) is 10.4. The topological polar surface area (TPSA) is 32.5 Å². The van der Waals surface area contributed by atoms with Crippen molar-refractivity contribution in [2.75, 3.05) is 39.8 Å². The zero-order chi connectivity index (χ0) is 9.97. The van der Waals surface area contributed by atoms with Gasteiger partial charge in [-0.3, -0.25) is 4.90 Å². The molecule has 0 radical (unpaired) electrons. The lowest BCUT2D eigenvalue weighted by Crippen LogP contribution is -2.52. The van der Waals surface area contributed by atoms with Gasteiger partial charge >= 0.3 is 0 Å². The van der Waals surface area contributed by atoms with Gasteiger partial charge < -0.3 is 10.6 Å². The molecular weight excluding hydrogens is 174 g/mol. The fourth-order valence-electron chi connectivity index (χ4n) is 2.65. The molecule has 0 bridgehead atoms. The summed E-state index contributed by atoms with van der Waals surface area (Å²) in [7, 11) is 2.20. The maximum Gasteiger partial charge on any atom is 0.0230 e. The van der Waals surface area contributed by atoms with E-state index in [4.69, 9.17) is 5.73 Å². The largest absolute Gasteiger partial charge is 0.329 e. The third-order valence-electron chi connectivity index (χ3n) is 3.74. The molecule has 2 aliphatic heterocycles. The minimum absolute atomic E-state index is 0.707. The fraction of sp³-hybridized carbons (Fsp3) is 1.00. The molecule has 14 heavy (non-hydrogen) atoms. The first-order chi connectivity index (χ1) is 6.79. The second-order valence-corrected chi connectivity index (χ2v) is 4.94. The lowest BCUT2D eigenvalue weighted by Gasteiger charge is -2.41. The molecule has 1 unspecified atom stereocenters. The number of hydrogen-bond acceptors (Lipinski definition) is 3. The lowest BCUT2D eigenvalue weighted by molar-refractivity contribution is 0.0804. The first-order valence-corrected chi connectivity index (χ1v) is 5.92. The fourth-order valence-corrected chi connectivity index (χ4v) is 2.65. The van der Waals surface area contributed by atoms with Gasteiger partial charge in [-0.25, -0.2) is 0 Å². The third kappa shape index (κ3) is 2.27. The van der Waals surface area contributed by atoms with Crippen LogP contribution in [0.25, 0.3) is 0 Å². The Bertz CT molecular complexity index is 175. The first-order valence-electron chi connectivity index (χ1n) is 5.92. The molecule has 2 N–H and O–H groups in total. The van der Waals surface area contributed by atoms with E-state index in [9.17, 15) is 0 Å². The van der Waals surface area contributed by atoms with Crippen LogP contribution in [0.1, 0.15) is 19.3 Å². The van der Waals surface area contributed by atoms with Crippen molar-refractivity contribution in [1.29, 1.82) is 0 Å². The third-order valence-corrected chi connectivity index (χ3v) is 3.74. The maximum atomic E-state index is 5.66. The van der Waals surface area contributed by atoms with Crippen molar-refractivity contribution in [2.24, 2.45) is 11.7 Å². The molecule has 0 aromatic heterocycles. The van der Waals surface area contributed by atoms with Crippen LogP contribution in [0.2, 0.25) is 0 Å². The molecule has 2 fully saturated rings. The quantitative estimate of drug-likeness (QED) is 0.691. The van der Waals surface area contributed by atoms with Gasteiger partial charge in [-0.2, -0.15) is 0 Å². The molecule has 2 heterocycles. The standard InChI is InChI=1S/C11H23N3/c1-13-8-10(9-13)3-2-5-14-6-4-11(14)7-12/h10-11H,2-9,12H2,1H3. The highest BCUT2D eigenvalue weighted by atomic mass is 15.2. The zero-order valence-electron chi connectivity index (χ0n) is 9.28. The van der Waals surface area contributed by atoms with E-state index in [2.05, 4.69) is 16.8 Å². The van der Waals surface area contributed by atoms with Crippen LogP contribution >= 0.6 is 0 Å². The number of rotatable bonds is 5. The molecule has 1 atom stereocenters. The van der Waals surface area contributed by atoms with Crippen LogP contribution in [0.3, 0.4) is 0 Å². The van der Waals surface area contributed by atoms with Crippen molar-refractivity contribution in [3.05, 3.63) is 0 Å². The second kappa shape index (κ2) is 4.60. The van der Waals surface area contributed by atoms with Crippen LogP contribution in [0.15, 0.2) is 0 Å². The minimum Gasteiger partial charge on any atom is -0.329 e. The maximum absolute atomic E-state index is 5.66. The minimum atomic E-state index is 0.707. The molecule has 3 heteroatoms. The highest BCUT2D eigenvalue weighted by Crippen LogP contribution is 2.21. The van der Waals surface area contributed by atoms with Gasteiger partial charge in [0.15, 0.2) is 0 Å². The Morgan fingerprint density at radius 1 is 1.36 bits per heavy atom. The van der Waals surface area contributed by atoms with Gasteiger partial charge in [-0.1, -0.05) is 0 Å². The summed E-state index contributed by atoms with van der Waals surface area (Å²) in [6.07, 6.45) is 4.11. The van der Waals surface area contributed by atoms with Gasteiger partial charge in [-0.15, -0.1) is 0 Å². The lowest BCUT2D eigenvalue weighted by atomic mass is 9.94. The van der Waals surface area contributed by atoms with Crippen molar-refractivity contribution < 1.29 is 0 Å². The zero-order valence-corrected chi connectivity index (χ0v) is 9.28. The van der Waals surface area contributed by atoms with E-state index in [1.807, 2.05) is 0 Å². The summed E-state index contributed by atoms with van der Waals surface area (Å²) in [5.74, 6) is 0.984. The summed E-state index contributed by atoms with van der Waals surface area (Å²) in [5.41, 5.74) is 5.66. The second-order valence-electron chi connectivity index (χ2n) is 4.94. The van der Waals surface area contributed by atoms with Crippen molar-refractivity contribution in [2.45, 2.75) is 25.3 Å². The number of likely N-dealkylation sites (tertiary alicyclic amines) is 2. The molecule has 0 spiro atoms. The molecule has 82 valence electrons. The molecule has 0 aromatic carbocycles. The van der Waals surface area contributed by atoms with Crippen LogP contribution in [0, 0.1) is 5.92 Å². The summed E-state index contributed by atoms with van der Waals surface area (Å²) in [6, 6.07) is 0.707. The monoisotopic (exact) mass is 197 g/mol. The molecule has 2 rings (SSSR count). The Kier molecular flexibility index (Phi) is 3.42. The number of nitrogens with zero attached hydrogens (tertiary/aromatic N) is 2. The van der Waals surface area contributed by atoms with Gasteiger partial charge in [0.1, 0.15) is 0 Å². The average molecular weight is 197 g/mol. The SMILES string of the molecule is CN1CC(CCCN2CCC2CN)C1. The van der Waals surface area contributed by atoms with E-state index in [0.29, 0.717) is 6.04 Å². The van der Waals surface area contributed by atoms with Crippen molar-refractivity contribution in [3.8, 4) is 0 Å². The molecule has 0 amide bonds. The summed E-state index contributed by atoms with van der Waals surface area (Å²) < 4.78 is 0. The van der Waals surface area contributed by atoms with Gasteiger partial charge in [0.05, 0.1) is 0 Å². The summed E-state index contributed by atoms with van der Waals surface area (Å²) in [6.45, 7) is 6.06. The van der Waals surface area contributed by atoms with Gasteiger partial charge in [-0.05, 0) is 38.8 Å². The molecule has 3 nitrogen and oxygen atoms in total.